The molecular weight excluding hydrogens is 240 g/mol. The van der Waals surface area contributed by atoms with Crippen LogP contribution in [0.1, 0.15) is 34.6 Å². The molecule has 1 aromatic carbocycles. The Labute approximate surface area is 112 Å². The predicted molar refractivity (Wildman–Crippen MR) is 71.5 cm³/mol. The van der Waals surface area contributed by atoms with Crippen LogP contribution in [-0.4, -0.2) is 21.7 Å². The molecule has 0 unspecified atom stereocenters. The first-order valence-corrected chi connectivity index (χ1v) is 6.45. The van der Waals surface area contributed by atoms with Crippen LogP contribution in [0, 0.1) is 6.92 Å². The van der Waals surface area contributed by atoms with E-state index in [-0.39, 0.29) is 5.78 Å². The van der Waals surface area contributed by atoms with Gasteiger partial charge in [-0.3, -0.25) is 9.48 Å². The summed E-state index contributed by atoms with van der Waals surface area (Å²) in [6, 6.07) is 9.09. The lowest BCUT2D eigenvalue weighted by Crippen LogP contribution is -2.04. The van der Waals surface area contributed by atoms with Crippen LogP contribution in [0.5, 0.6) is 5.75 Å². The molecule has 4 heteroatoms. The fourth-order valence-corrected chi connectivity index (χ4v) is 1.88. The Balaban J connectivity index is 1.78. The zero-order chi connectivity index (χ0) is 13.4. The molecule has 2 aromatic rings. The fraction of sp³-hybridized carbons (Fsp3) is 0.333. The van der Waals surface area contributed by atoms with E-state index in [4.69, 9.17) is 4.74 Å². The van der Waals surface area contributed by atoms with E-state index in [2.05, 4.69) is 5.10 Å². The number of hydrogen-bond acceptors (Lipinski definition) is 3. The normalized spacial score (nSPS) is 14.4. The maximum Gasteiger partial charge on any atom is 0.213 e. The third-order valence-electron chi connectivity index (χ3n) is 3.29. The highest BCUT2D eigenvalue weighted by molar-refractivity contribution is 6.07. The lowest BCUT2D eigenvalue weighted by Gasteiger charge is -2.04. The van der Waals surface area contributed by atoms with Crippen LogP contribution in [0.25, 0.3) is 0 Å². The Morgan fingerprint density at radius 2 is 2.00 bits per heavy atom. The van der Waals surface area contributed by atoms with Crippen molar-refractivity contribution in [3.05, 3.63) is 47.3 Å². The summed E-state index contributed by atoms with van der Waals surface area (Å²) in [5.41, 5.74) is 2.09. The molecule has 0 radical (unpaired) electrons. The van der Waals surface area contributed by atoms with Gasteiger partial charge in [0.25, 0.3) is 0 Å². The van der Waals surface area contributed by atoms with Gasteiger partial charge < -0.3 is 4.74 Å². The van der Waals surface area contributed by atoms with Crippen LogP contribution in [0.15, 0.2) is 30.3 Å². The van der Waals surface area contributed by atoms with Crippen molar-refractivity contribution in [3.8, 4) is 5.75 Å². The van der Waals surface area contributed by atoms with E-state index >= 15 is 0 Å². The largest absolute Gasteiger partial charge is 0.490 e. The summed E-state index contributed by atoms with van der Waals surface area (Å²) < 4.78 is 7.36. The van der Waals surface area contributed by atoms with Gasteiger partial charge in [-0.2, -0.15) is 5.10 Å². The van der Waals surface area contributed by atoms with Crippen LogP contribution in [0.2, 0.25) is 0 Å². The summed E-state index contributed by atoms with van der Waals surface area (Å²) >= 11 is 0. The number of hydrogen-bond donors (Lipinski definition) is 0. The SMILES string of the molecule is Cc1cc(C(=O)c2ccc(OC3CC3)cc2)nn1C. The minimum atomic E-state index is -0.0540. The predicted octanol–water partition coefficient (Wildman–Crippen LogP) is 2.50. The number of benzene rings is 1. The van der Waals surface area contributed by atoms with Gasteiger partial charge in [0.05, 0.1) is 6.10 Å². The van der Waals surface area contributed by atoms with Crippen molar-refractivity contribution in [3.63, 3.8) is 0 Å². The van der Waals surface area contributed by atoms with Crippen LogP contribution in [0.3, 0.4) is 0 Å². The maximum absolute atomic E-state index is 12.2. The van der Waals surface area contributed by atoms with Crippen molar-refractivity contribution < 1.29 is 9.53 Å². The quantitative estimate of drug-likeness (QED) is 0.789. The molecule has 1 aliphatic rings. The number of carbonyl (C=O) groups is 1. The van der Waals surface area contributed by atoms with E-state index in [0.29, 0.717) is 17.4 Å². The molecule has 1 aliphatic carbocycles. The average Bonchev–Trinajstić information content (AvgIpc) is 3.15. The molecule has 0 aliphatic heterocycles. The first-order chi connectivity index (χ1) is 9.13. The van der Waals surface area contributed by atoms with E-state index in [1.807, 2.05) is 26.1 Å². The zero-order valence-corrected chi connectivity index (χ0v) is 11.1. The third kappa shape index (κ3) is 2.52. The summed E-state index contributed by atoms with van der Waals surface area (Å²) in [6.45, 7) is 1.93. The van der Waals surface area contributed by atoms with Crippen molar-refractivity contribution in [1.82, 2.24) is 9.78 Å². The van der Waals surface area contributed by atoms with Crippen molar-refractivity contribution in [1.29, 1.82) is 0 Å². The topological polar surface area (TPSA) is 44.1 Å². The highest BCUT2D eigenvalue weighted by Gasteiger charge is 2.23. The second-order valence-electron chi connectivity index (χ2n) is 4.97. The molecule has 0 amide bonds. The molecule has 0 bridgehead atoms. The number of ether oxygens (including phenoxy) is 1. The molecule has 0 N–H and O–H groups in total. The Kier molecular flexibility index (Phi) is 2.85. The Morgan fingerprint density at radius 3 is 2.53 bits per heavy atom. The lowest BCUT2D eigenvalue weighted by molar-refractivity contribution is 0.103. The molecular formula is C15H16N2O2. The van der Waals surface area contributed by atoms with Crippen molar-refractivity contribution >= 4 is 5.78 Å². The van der Waals surface area contributed by atoms with Crippen LogP contribution in [0.4, 0.5) is 0 Å². The molecule has 3 rings (SSSR count). The number of ketones is 1. The summed E-state index contributed by atoms with van der Waals surface area (Å²) in [6.07, 6.45) is 2.64. The van der Waals surface area contributed by atoms with Gasteiger partial charge in [0.2, 0.25) is 5.78 Å². The number of carbonyl (C=O) groups excluding carboxylic acids is 1. The van der Waals surface area contributed by atoms with Crippen LogP contribution < -0.4 is 4.74 Å². The Hall–Kier alpha value is -2.10. The Morgan fingerprint density at radius 1 is 1.32 bits per heavy atom. The summed E-state index contributed by atoms with van der Waals surface area (Å²) in [5.74, 6) is 0.776. The smallest absolute Gasteiger partial charge is 0.213 e. The molecule has 0 saturated heterocycles. The van der Waals surface area contributed by atoms with Gasteiger partial charge >= 0.3 is 0 Å². The van der Waals surface area contributed by atoms with E-state index < -0.39 is 0 Å². The maximum atomic E-state index is 12.2. The molecule has 1 heterocycles. The molecule has 0 spiro atoms. The number of nitrogens with zero attached hydrogens (tertiary/aromatic N) is 2. The molecule has 1 aromatic heterocycles. The number of rotatable bonds is 4. The first-order valence-electron chi connectivity index (χ1n) is 6.45. The standard InChI is InChI=1S/C15H16N2O2/c1-10-9-14(16-17(10)2)15(18)11-3-5-12(6-4-11)19-13-7-8-13/h3-6,9,13H,7-8H2,1-2H3. The van der Waals surface area contributed by atoms with E-state index in [9.17, 15) is 4.79 Å². The lowest BCUT2D eigenvalue weighted by atomic mass is 10.1. The average molecular weight is 256 g/mol. The van der Waals surface area contributed by atoms with Crippen molar-refractivity contribution in [2.45, 2.75) is 25.9 Å². The van der Waals surface area contributed by atoms with Gasteiger partial charge in [-0.1, -0.05) is 0 Å². The molecule has 98 valence electrons. The second-order valence-corrected chi connectivity index (χ2v) is 4.97. The summed E-state index contributed by atoms with van der Waals surface area (Å²) in [5, 5.41) is 4.20. The monoisotopic (exact) mass is 256 g/mol. The van der Waals surface area contributed by atoms with Gasteiger partial charge in [-0.25, -0.2) is 0 Å². The number of aryl methyl sites for hydroxylation is 2. The highest BCUT2D eigenvalue weighted by atomic mass is 16.5. The first kappa shape index (κ1) is 12.0. The molecule has 4 nitrogen and oxygen atoms in total. The molecule has 1 fully saturated rings. The fourth-order valence-electron chi connectivity index (χ4n) is 1.88. The van der Waals surface area contributed by atoms with E-state index in [1.165, 1.54) is 0 Å². The van der Waals surface area contributed by atoms with Gasteiger partial charge in [0.1, 0.15) is 11.4 Å². The Bertz CT molecular complexity index is 590. The second kappa shape index (κ2) is 4.53. The van der Waals surface area contributed by atoms with E-state index in [1.54, 1.807) is 22.9 Å². The van der Waals surface area contributed by atoms with E-state index in [0.717, 1.165) is 24.3 Å². The van der Waals surface area contributed by atoms with Gasteiger partial charge in [-0.05, 0) is 50.1 Å². The van der Waals surface area contributed by atoms with Gasteiger partial charge in [-0.15, -0.1) is 0 Å². The third-order valence-corrected chi connectivity index (χ3v) is 3.29. The zero-order valence-electron chi connectivity index (χ0n) is 11.1. The van der Waals surface area contributed by atoms with Crippen molar-refractivity contribution in [2.24, 2.45) is 7.05 Å². The van der Waals surface area contributed by atoms with Gasteiger partial charge in [0, 0.05) is 18.3 Å². The van der Waals surface area contributed by atoms with Crippen LogP contribution in [-0.2, 0) is 7.05 Å². The summed E-state index contributed by atoms with van der Waals surface area (Å²) in [4.78, 5) is 12.2. The number of aromatic nitrogens is 2. The van der Waals surface area contributed by atoms with Gasteiger partial charge in [0.15, 0.2) is 0 Å². The van der Waals surface area contributed by atoms with Crippen LogP contribution >= 0.6 is 0 Å². The highest BCUT2D eigenvalue weighted by Crippen LogP contribution is 2.27. The molecule has 0 atom stereocenters. The minimum Gasteiger partial charge on any atom is -0.490 e. The molecule has 1 saturated carbocycles. The summed E-state index contributed by atoms with van der Waals surface area (Å²) in [7, 11) is 1.83. The molecule has 19 heavy (non-hydrogen) atoms. The minimum absolute atomic E-state index is 0.0540. The van der Waals surface area contributed by atoms with Crippen molar-refractivity contribution in [2.75, 3.05) is 0 Å².